The molecule has 0 aromatic carbocycles. The molecule has 4 N–H and O–H groups in total. The van der Waals surface area contributed by atoms with Gasteiger partial charge in [-0.15, -0.1) is 0 Å². The maximum Gasteiger partial charge on any atom is 0.259 e. The lowest BCUT2D eigenvalue weighted by atomic mass is 10.2. The van der Waals surface area contributed by atoms with Gasteiger partial charge in [0.2, 0.25) is 0 Å². The Labute approximate surface area is 120 Å². The van der Waals surface area contributed by atoms with Crippen LogP contribution in [0.2, 0.25) is 0 Å². The molecule has 0 unspecified atom stereocenters. The first-order valence-corrected chi connectivity index (χ1v) is 8.21. The minimum Gasteiger partial charge on any atom is -0.388 e. The van der Waals surface area contributed by atoms with E-state index in [2.05, 4.69) is 9.71 Å². The molecule has 0 fully saturated rings. The predicted molar refractivity (Wildman–Crippen MR) is 78.2 cm³/mol. The van der Waals surface area contributed by atoms with Gasteiger partial charge in [-0.05, 0) is 26.2 Å². The van der Waals surface area contributed by atoms with E-state index in [0.29, 0.717) is 31.6 Å². The van der Waals surface area contributed by atoms with E-state index in [9.17, 15) is 8.42 Å². The third-order valence-corrected chi connectivity index (χ3v) is 4.19. The Hall–Kier alpha value is -1.41. The molecule has 0 radical (unpaired) electrons. The average molecular weight is 301 g/mol. The number of imidazole rings is 1. The first kappa shape index (κ1) is 16.6. The zero-order valence-corrected chi connectivity index (χ0v) is 12.8. The molecule has 114 valence electrons. The van der Waals surface area contributed by atoms with Gasteiger partial charge in [0.1, 0.15) is 5.82 Å². The second kappa shape index (κ2) is 7.39. The number of rotatable bonds is 9. The Bertz CT molecular complexity index is 550. The first-order chi connectivity index (χ1) is 9.36. The fourth-order valence-corrected chi connectivity index (χ4v) is 2.88. The lowest BCUT2D eigenvalue weighted by Gasteiger charge is -2.04. The highest BCUT2D eigenvalue weighted by molar-refractivity contribution is 7.89. The van der Waals surface area contributed by atoms with Crippen LogP contribution in [0, 0.1) is 12.3 Å². The van der Waals surface area contributed by atoms with Crippen molar-refractivity contribution < 1.29 is 8.42 Å². The van der Waals surface area contributed by atoms with Gasteiger partial charge in [-0.2, -0.15) is 0 Å². The number of hydrogen-bond acceptors (Lipinski definition) is 4. The molecular weight excluding hydrogens is 278 g/mol. The monoisotopic (exact) mass is 301 g/mol. The molecule has 1 aromatic rings. The summed E-state index contributed by atoms with van der Waals surface area (Å²) in [6.45, 7) is 4.91. The number of aromatic nitrogens is 2. The van der Waals surface area contributed by atoms with Crippen LogP contribution in [0.5, 0.6) is 0 Å². The number of hydrogen-bond donors (Lipinski definition) is 3. The van der Waals surface area contributed by atoms with Crippen LogP contribution in [0.4, 0.5) is 0 Å². The van der Waals surface area contributed by atoms with Crippen molar-refractivity contribution in [1.82, 2.24) is 14.3 Å². The molecular formula is C12H23N5O2S. The molecule has 0 saturated heterocycles. The SMILES string of the molecule is CCCn1cc(S(=O)(=O)NCCCCC(=N)N)nc1C. The highest BCUT2D eigenvalue weighted by Gasteiger charge is 2.18. The molecule has 0 atom stereocenters. The molecule has 1 aromatic heterocycles. The Morgan fingerprint density at radius 1 is 1.50 bits per heavy atom. The van der Waals surface area contributed by atoms with Crippen LogP contribution in [0.15, 0.2) is 11.2 Å². The van der Waals surface area contributed by atoms with E-state index in [4.69, 9.17) is 11.1 Å². The van der Waals surface area contributed by atoms with E-state index >= 15 is 0 Å². The van der Waals surface area contributed by atoms with Crippen molar-refractivity contribution >= 4 is 15.9 Å². The Morgan fingerprint density at radius 3 is 2.80 bits per heavy atom. The lowest BCUT2D eigenvalue weighted by molar-refractivity contribution is 0.574. The number of nitrogens with one attached hydrogen (secondary N) is 2. The standard InChI is InChI=1S/C12H23N5O2S/c1-3-8-17-9-12(16-10(17)2)20(18,19)15-7-5-4-6-11(13)14/h9,15H,3-8H2,1-2H3,(H3,13,14). The quantitative estimate of drug-likeness (QED) is 0.358. The van der Waals surface area contributed by atoms with Crippen LogP contribution in [0.1, 0.15) is 38.4 Å². The number of unbranched alkanes of at least 4 members (excludes halogenated alkanes) is 1. The third-order valence-electron chi connectivity index (χ3n) is 2.86. The molecule has 0 aliphatic carbocycles. The van der Waals surface area contributed by atoms with Gasteiger partial charge >= 0.3 is 0 Å². The summed E-state index contributed by atoms with van der Waals surface area (Å²) in [5.41, 5.74) is 5.23. The van der Waals surface area contributed by atoms with Crippen LogP contribution >= 0.6 is 0 Å². The lowest BCUT2D eigenvalue weighted by Crippen LogP contribution is -2.25. The Balaban J connectivity index is 2.56. The van der Waals surface area contributed by atoms with E-state index in [1.807, 2.05) is 11.5 Å². The van der Waals surface area contributed by atoms with Gasteiger partial charge in [0.15, 0.2) is 5.03 Å². The summed E-state index contributed by atoms with van der Waals surface area (Å²) in [7, 11) is -3.55. The normalized spacial score (nSPS) is 11.7. The minimum absolute atomic E-state index is 0.0648. The minimum atomic E-state index is -3.55. The summed E-state index contributed by atoms with van der Waals surface area (Å²) in [5, 5.41) is 7.14. The second-order valence-corrected chi connectivity index (χ2v) is 6.41. The van der Waals surface area contributed by atoms with Gasteiger partial charge in [-0.25, -0.2) is 18.1 Å². The Kier molecular flexibility index (Phi) is 6.15. The van der Waals surface area contributed by atoms with Crippen molar-refractivity contribution in [3.63, 3.8) is 0 Å². The smallest absolute Gasteiger partial charge is 0.259 e. The Morgan fingerprint density at radius 2 is 2.20 bits per heavy atom. The molecule has 0 aliphatic rings. The molecule has 1 rings (SSSR count). The summed E-state index contributed by atoms with van der Waals surface area (Å²) in [4.78, 5) is 4.09. The van der Waals surface area contributed by atoms with Crippen molar-refractivity contribution in [2.75, 3.05) is 6.54 Å². The van der Waals surface area contributed by atoms with E-state index in [1.165, 1.54) is 0 Å². The van der Waals surface area contributed by atoms with Crippen LogP contribution in [0.3, 0.4) is 0 Å². The topological polar surface area (TPSA) is 114 Å². The molecule has 0 aliphatic heterocycles. The molecule has 8 heteroatoms. The van der Waals surface area contributed by atoms with Gasteiger partial charge in [0, 0.05) is 25.7 Å². The number of sulfonamides is 1. The summed E-state index contributed by atoms with van der Waals surface area (Å²) in [6.07, 6.45) is 4.33. The van der Waals surface area contributed by atoms with Gasteiger partial charge in [-0.1, -0.05) is 6.92 Å². The number of aryl methyl sites for hydroxylation is 2. The zero-order valence-electron chi connectivity index (χ0n) is 12.0. The maximum absolute atomic E-state index is 12.0. The zero-order chi connectivity index (χ0) is 15.2. The van der Waals surface area contributed by atoms with Gasteiger partial charge in [0.25, 0.3) is 10.0 Å². The largest absolute Gasteiger partial charge is 0.388 e. The fourth-order valence-electron chi connectivity index (χ4n) is 1.80. The van der Waals surface area contributed by atoms with Crippen molar-refractivity contribution in [2.45, 2.75) is 51.1 Å². The highest BCUT2D eigenvalue weighted by atomic mass is 32.2. The highest BCUT2D eigenvalue weighted by Crippen LogP contribution is 2.09. The maximum atomic E-state index is 12.0. The van der Waals surface area contributed by atoms with Gasteiger partial charge in [-0.3, -0.25) is 5.41 Å². The van der Waals surface area contributed by atoms with E-state index in [1.54, 1.807) is 13.1 Å². The number of nitrogens with zero attached hydrogens (tertiary/aromatic N) is 2. The van der Waals surface area contributed by atoms with E-state index in [0.717, 1.165) is 13.0 Å². The summed E-state index contributed by atoms with van der Waals surface area (Å²) < 4.78 is 28.4. The average Bonchev–Trinajstić information content (AvgIpc) is 2.71. The summed E-state index contributed by atoms with van der Waals surface area (Å²) >= 11 is 0. The van der Waals surface area contributed by atoms with E-state index in [-0.39, 0.29) is 10.9 Å². The van der Waals surface area contributed by atoms with Crippen molar-refractivity contribution in [2.24, 2.45) is 5.73 Å². The van der Waals surface area contributed by atoms with Crippen molar-refractivity contribution in [3.05, 3.63) is 12.0 Å². The van der Waals surface area contributed by atoms with Crippen LogP contribution < -0.4 is 10.5 Å². The van der Waals surface area contributed by atoms with Gasteiger partial charge in [0.05, 0.1) is 5.84 Å². The molecule has 1 heterocycles. The van der Waals surface area contributed by atoms with Crippen molar-refractivity contribution in [1.29, 1.82) is 5.41 Å². The van der Waals surface area contributed by atoms with Crippen LogP contribution in [0.25, 0.3) is 0 Å². The molecule has 0 saturated carbocycles. The molecule has 7 nitrogen and oxygen atoms in total. The number of nitrogens with two attached hydrogens (primary N) is 1. The van der Waals surface area contributed by atoms with Crippen molar-refractivity contribution in [3.8, 4) is 0 Å². The molecule has 20 heavy (non-hydrogen) atoms. The molecule has 0 spiro atoms. The third kappa shape index (κ3) is 4.93. The summed E-state index contributed by atoms with van der Waals surface area (Å²) in [5.74, 6) is 0.825. The summed E-state index contributed by atoms with van der Waals surface area (Å²) in [6, 6.07) is 0. The van der Waals surface area contributed by atoms with Gasteiger partial charge < -0.3 is 10.3 Å². The predicted octanol–water partition coefficient (Wildman–Crippen LogP) is 0.986. The van der Waals surface area contributed by atoms with Crippen LogP contribution in [-0.2, 0) is 16.6 Å². The van der Waals surface area contributed by atoms with E-state index < -0.39 is 10.0 Å². The molecule has 0 amide bonds. The fraction of sp³-hybridized carbons (Fsp3) is 0.667. The second-order valence-electron chi connectivity index (χ2n) is 4.70. The van der Waals surface area contributed by atoms with Crippen LogP contribution in [-0.4, -0.2) is 30.3 Å². The first-order valence-electron chi connectivity index (χ1n) is 6.73. The number of amidine groups is 1. The molecule has 0 bridgehead atoms.